The van der Waals surface area contributed by atoms with Crippen molar-refractivity contribution < 1.29 is 13.9 Å². The van der Waals surface area contributed by atoms with Crippen molar-refractivity contribution in [3.05, 3.63) is 47.0 Å². The van der Waals surface area contributed by atoms with E-state index in [1.54, 1.807) is 16.8 Å². The molecule has 0 unspecified atom stereocenters. The largest absolute Gasteiger partial charge is 0.365 e. The van der Waals surface area contributed by atoms with E-state index >= 15 is 0 Å². The summed E-state index contributed by atoms with van der Waals surface area (Å²) in [4.78, 5) is 12.1. The first-order chi connectivity index (χ1) is 11.0. The van der Waals surface area contributed by atoms with Gasteiger partial charge in [0.1, 0.15) is 11.9 Å². The maximum Gasteiger partial charge on any atom is 0.273 e. The number of carbonyl (C=O) groups is 1. The molecule has 122 valence electrons. The molecule has 6 nitrogen and oxygen atoms in total. The number of amides is 1. The summed E-state index contributed by atoms with van der Waals surface area (Å²) in [6, 6.07) is 6.19. The number of rotatable bonds is 4. The molecule has 1 aromatic heterocycles. The minimum Gasteiger partial charge on any atom is -0.365 e. The summed E-state index contributed by atoms with van der Waals surface area (Å²) in [6.07, 6.45) is -0.226. The molecule has 0 saturated carbocycles. The van der Waals surface area contributed by atoms with Gasteiger partial charge in [-0.15, -0.1) is 5.10 Å². The molecule has 3 rings (SSSR count). The highest BCUT2D eigenvalue weighted by Crippen LogP contribution is 2.27. The second-order valence-corrected chi connectivity index (χ2v) is 6.02. The lowest BCUT2D eigenvalue weighted by Crippen LogP contribution is -2.30. The molecule has 0 aliphatic carbocycles. The van der Waals surface area contributed by atoms with Gasteiger partial charge in [0.2, 0.25) is 0 Å². The Kier molecular flexibility index (Phi) is 4.38. The maximum absolute atomic E-state index is 13.0. The topological polar surface area (TPSA) is 69.0 Å². The molecular weight excluding hydrogens is 299 g/mol. The zero-order valence-corrected chi connectivity index (χ0v) is 13.1. The molecule has 0 bridgehead atoms. The smallest absolute Gasteiger partial charge is 0.273 e. The van der Waals surface area contributed by atoms with Gasteiger partial charge in [-0.2, -0.15) is 0 Å². The number of aromatic nitrogens is 3. The van der Waals surface area contributed by atoms with E-state index in [9.17, 15) is 9.18 Å². The Bertz CT molecular complexity index is 697. The van der Waals surface area contributed by atoms with Gasteiger partial charge >= 0.3 is 0 Å². The number of benzene rings is 1. The molecule has 7 heteroatoms. The number of halogens is 1. The second-order valence-electron chi connectivity index (χ2n) is 6.02. The molecule has 23 heavy (non-hydrogen) atoms. The minimum atomic E-state index is -0.282. The van der Waals surface area contributed by atoms with Gasteiger partial charge in [-0.25, -0.2) is 9.07 Å². The van der Waals surface area contributed by atoms with Crippen molar-refractivity contribution in [3.8, 4) is 0 Å². The first-order valence-electron chi connectivity index (χ1n) is 7.62. The third kappa shape index (κ3) is 3.39. The summed E-state index contributed by atoms with van der Waals surface area (Å²) < 4.78 is 20.5. The Morgan fingerprint density at radius 1 is 1.43 bits per heavy atom. The number of ether oxygens (including phenoxy) is 1. The Hall–Kier alpha value is -2.28. The molecule has 2 aromatic rings. The van der Waals surface area contributed by atoms with Crippen LogP contribution in [0.4, 0.5) is 4.39 Å². The lowest BCUT2D eigenvalue weighted by molar-refractivity contribution is -0.00180. The van der Waals surface area contributed by atoms with Crippen molar-refractivity contribution in [1.82, 2.24) is 20.3 Å². The van der Waals surface area contributed by atoms with Crippen molar-refractivity contribution in [1.29, 1.82) is 0 Å². The summed E-state index contributed by atoms with van der Waals surface area (Å²) in [5, 5.41) is 10.9. The Morgan fingerprint density at radius 3 is 2.87 bits per heavy atom. The zero-order valence-electron chi connectivity index (χ0n) is 13.1. The molecule has 1 aromatic carbocycles. The Labute approximate surface area is 133 Å². The molecule has 0 radical (unpaired) electrons. The monoisotopic (exact) mass is 318 g/mol. The predicted octanol–water partition coefficient (Wildman–Crippen LogP) is 2.07. The molecule has 0 saturated heterocycles. The number of nitrogens with zero attached hydrogens (tertiary/aromatic N) is 3. The number of fused-ring (bicyclic) bond motifs is 1. The van der Waals surface area contributed by atoms with Crippen LogP contribution in [0.3, 0.4) is 0 Å². The van der Waals surface area contributed by atoms with Crippen LogP contribution in [0.1, 0.15) is 41.7 Å². The average Bonchev–Trinajstić information content (AvgIpc) is 2.96. The number of hydrogen-bond acceptors (Lipinski definition) is 4. The van der Waals surface area contributed by atoms with Crippen molar-refractivity contribution in [2.75, 3.05) is 6.54 Å². The van der Waals surface area contributed by atoms with Crippen molar-refractivity contribution in [2.45, 2.75) is 33.1 Å². The molecule has 1 atom stereocenters. The summed E-state index contributed by atoms with van der Waals surface area (Å²) >= 11 is 0. The van der Waals surface area contributed by atoms with E-state index in [0.717, 1.165) is 5.56 Å². The molecule has 0 fully saturated rings. The van der Waals surface area contributed by atoms with Gasteiger partial charge in [0.05, 0.1) is 18.8 Å². The molecular formula is C16H19FN4O2. The van der Waals surface area contributed by atoms with E-state index in [-0.39, 0.29) is 24.4 Å². The van der Waals surface area contributed by atoms with Crippen LogP contribution in [0.15, 0.2) is 24.3 Å². The van der Waals surface area contributed by atoms with Crippen LogP contribution in [0.2, 0.25) is 0 Å². The van der Waals surface area contributed by atoms with Gasteiger partial charge < -0.3 is 10.1 Å². The van der Waals surface area contributed by atoms with Crippen LogP contribution < -0.4 is 5.32 Å². The van der Waals surface area contributed by atoms with Gasteiger partial charge in [-0.1, -0.05) is 31.2 Å². The summed E-state index contributed by atoms with van der Waals surface area (Å²) in [6.45, 7) is 5.34. The average molecular weight is 318 g/mol. The maximum atomic E-state index is 13.0. The number of carbonyl (C=O) groups excluding carboxylic acids is 1. The summed E-state index contributed by atoms with van der Waals surface area (Å²) in [5.41, 5.74) is 1.85. The van der Waals surface area contributed by atoms with Gasteiger partial charge in [-0.3, -0.25) is 4.79 Å². The minimum absolute atomic E-state index is 0.226. The highest BCUT2D eigenvalue weighted by Gasteiger charge is 2.27. The number of hydrogen-bond donors (Lipinski definition) is 1. The van der Waals surface area contributed by atoms with Gasteiger partial charge in [0.25, 0.3) is 5.91 Å². The SMILES string of the molecule is CC(C)CNC(=O)c1nnn2c1CO[C@@H](c1ccc(F)cc1)C2. The molecule has 0 spiro atoms. The number of nitrogens with one attached hydrogen (secondary N) is 1. The lowest BCUT2D eigenvalue weighted by atomic mass is 10.1. The quantitative estimate of drug-likeness (QED) is 0.937. The summed E-state index contributed by atoms with van der Waals surface area (Å²) in [7, 11) is 0. The van der Waals surface area contributed by atoms with E-state index in [2.05, 4.69) is 15.6 Å². The first kappa shape index (κ1) is 15.6. The third-order valence-electron chi connectivity index (χ3n) is 3.73. The van der Waals surface area contributed by atoms with E-state index in [4.69, 9.17) is 4.74 Å². The van der Waals surface area contributed by atoms with Crippen LogP contribution in [0.25, 0.3) is 0 Å². The fourth-order valence-electron chi connectivity index (χ4n) is 2.45. The van der Waals surface area contributed by atoms with E-state index < -0.39 is 0 Å². The second kappa shape index (κ2) is 6.45. The fraction of sp³-hybridized carbons (Fsp3) is 0.438. The van der Waals surface area contributed by atoms with Crippen molar-refractivity contribution >= 4 is 5.91 Å². The predicted molar refractivity (Wildman–Crippen MR) is 81.1 cm³/mol. The fourth-order valence-corrected chi connectivity index (χ4v) is 2.45. The van der Waals surface area contributed by atoms with Crippen LogP contribution in [0, 0.1) is 11.7 Å². The lowest BCUT2D eigenvalue weighted by Gasteiger charge is -2.24. The molecule has 2 heterocycles. The normalized spacial score (nSPS) is 17.1. The highest BCUT2D eigenvalue weighted by atomic mass is 19.1. The van der Waals surface area contributed by atoms with Gasteiger partial charge in [-0.05, 0) is 23.6 Å². The van der Waals surface area contributed by atoms with Crippen molar-refractivity contribution in [2.24, 2.45) is 5.92 Å². The standard InChI is InChI=1S/C16H19FN4O2/c1-10(2)7-18-16(22)15-13-9-23-14(8-21(13)20-19-15)11-3-5-12(17)6-4-11/h3-6,10,14H,7-9H2,1-2H3,(H,18,22)/t14-/m1/s1. The van der Waals surface area contributed by atoms with Crippen molar-refractivity contribution in [3.63, 3.8) is 0 Å². The molecule has 1 N–H and O–H groups in total. The molecule has 1 aliphatic heterocycles. The first-order valence-corrected chi connectivity index (χ1v) is 7.62. The Morgan fingerprint density at radius 2 is 2.17 bits per heavy atom. The van der Waals surface area contributed by atoms with Gasteiger partial charge in [0.15, 0.2) is 5.69 Å². The van der Waals surface area contributed by atoms with Crippen LogP contribution in [-0.2, 0) is 17.9 Å². The molecule has 1 aliphatic rings. The third-order valence-corrected chi connectivity index (χ3v) is 3.73. The van der Waals surface area contributed by atoms with Crippen LogP contribution in [0.5, 0.6) is 0 Å². The van der Waals surface area contributed by atoms with Gasteiger partial charge in [0, 0.05) is 6.54 Å². The molecule has 1 amide bonds. The Balaban J connectivity index is 1.73. The van der Waals surface area contributed by atoms with Crippen LogP contribution in [-0.4, -0.2) is 27.4 Å². The highest BCUT2D eigenvalue weighted by molar-refractivity contribution is 5.93. The van der Waals surface area contributed by atoms with E-state index in [1.165, 1.54) is 12.1 Å². The van der Waals surface area contributed by atoms with E-state index in [0.29, 0.717) is 30.4 Å². The van der Waals surface area contributed by atoms with E-state index in [1.807, 2.05) is 13.8 Å². The van der Waals surface area contributed by atoms with Crippen LogP contribution >= 0.6 is 0 Å². The summed E-state index contributed by atoms with van der Waals surface area (Å²) in [5.74, 6) is -0.150. The zero-order chi connectivity index (χ0) is 16.4.